The van der Waals surface area contributed by atoms with Crippen LogP contribution in [0, 0.1) is 0 Å². The van der Waals surface area contributed by atoms with E-state index >= 15 is 0 Å². The predicted molar refractivity (Wildman–Crippen MR) is 85.4 cm³/mol. The van der Waals surface area contributed by atoms with Gasteiger partial charge in [-0.15, -0.1) is 0 Å². The molecule has 1 aromatic carbocycles. The van der Waals surface area contributed by atoms with E-state index in [4.69, 9.17) is 17.3 Å². The molecule has 0 atom stereocenters. The summed E-state index contributed by atoms with van der Waals surface area (Å²) >= 11 is 6.24. The molecule has 4 nitrogen and oxygen atoms in total. The summed E-state index contributed by atoms with van der Waals surface area (Å²) in [5.74, 6) is 0.597. The Morgan fingerprint density at radius 1 is 1.05 bits per heavy atom. The molecule has 0 radical (unpaired) electrons. The third kappa shape index (κ3) is 1.76. The van der Waals surface area contributed by atoms with Crippen LogP contribution in [-0.2, 0) is 0 Å². The largest absolute Gasteiger partial charge is 0.383 e. The van der Waals surface area contributed by atoms with Crippen LogP contribution in [0.2, 0.25) is 5.02 Å². The Kier molecular flexibility index (Phi) is 2.59. The lowest BCUT2D eigenvalue weighted by molar-refractivity contribution is 1.20. The molecule has 3 aromatic heterocycles. The first-order chi connectivity index (χ1) is 10.3. The Bertz CT molecular complexity index is 975. The fraction of sp³-hybridized carbons (Fsp3) is 0. The standard InChI is InChI=1S/C16H11ClN4/c17-12-7-6-11(14-10(12)4-3-8-19-14)15-16(18)21-9-2-1-5-13(21)20-15/h1-9H,18H2. The summed E-state index contributed by atoms with van der Waals surface area (Å²) < 4.78 is 1.86. The number of pyridine rings is 2. The van der Waals surface area contributed by atoms with Crippen LogP contribution in [0.25, 0.3) is 27.8 Å². The molecule has 0 bridgehead atoms. The van der Waals surface area contributed by atoms with Gasteiger partial charge in [-0.25, -0.2) is 4.98 Å². The fourth-order valence-electron chi connectivity index (χ4n) is 2.54. The average molecular weight is 295 g/mol. The zero-order valence-electron chi connectivity index (χ0n) is 11.0. The molecule has 21 heavy (non-hydrogen) atoms. The maximum atomic E-state index is 6.24. The van der Waals surface area contributed by atoms with Crippen molar-refractivity contribution in [3.05, 3.63) is 59.9 Å². The van der Waals surface area contributed by atoms with Crippen molar-refractivity contribution in [3.8, 4) is 11.3 Å². The monoisotopic (exact) mass is 294 g/mol. The minimum Gasteiger partial charge on any atom is -0.383 e. The van der Waals surface area contributed by atoms with E-state index in [-0.39, 0.29) is 0 Å². The fourth-order valence-corrected chi connectivity index (χ4v) is 2.76. The van der Waals surface area contributed by atoms with Crippen LogP contribution in [0.15, 0.2) is 54.9 Å². The number of hydrogen-bond acceptors (Lipinski definition) is 3. The number of anilines is 1. The molecule has 2 N–H and O–H groups in total. The number of imidazole rings is 1. The summed E-state index contributed by atoms with van der Waals surface area (Å²) in [4.78, 5) is 9.06. The Labute approximate surface area is 125 Å². The summed E-state index contributed by atoms with van der Waals surface area (Å²) in [6.45, 7) is 0. The second-order valence-corrected chi connectivity index (χ2v) is 5.18. The van der Waals surface area contributed by atoms with Crippen LogP contribution in [0.1, 0.15) is 0 Å². The van der Waals surface area contributed by atoms with Gasteiger partial charge in [0.05, 0.1) is 10.5 Å². The van der Waals surface area contributed by atoms with Gasteiger partial charge in [-0.1, -0.05) is 17.7 Å². The highest BCUT2D eigenvalue weighted by Gasteiger charge is 2.15. The molecule has 0 unspecified atom stereocenters. The van der Waals surface area contributed by atoms with Crippen LogP contribution in [0.3, 0.4) is 0 Å². The number of fused-ring (bicyclic) bond motifs is 2. The van der Waals surface area contributed by atoms with E-state index in [1.165, 1.54) is 0 Å². The number of hydrogen-bond donors (Lipinski definition) is 1. The molecule has 0 aliphatic carbocycles. The molecular formula is C16H11ClN4. The van der Waals surface area contributed by atoms with Crippen LogP contribution in [0.5, 0.6) is 0 Å². The first kappa shape index (κ1) is 12.2. The minimum absolute atomic E-state index is 0.597. The lowest BCUT2D eigenvalue weighted by atomic mass is 10.1. The highest BCUT2D eigenvalue weighted by molar-refractivity contribution is 6.35. The van der Waals surface area contributed by atoms with Crippen molar-refractivity contribution in [2.24, 2.45) is 0 Å². The number of nitrogens with two attached hydrogens (primary N) is 1. The van der Waals surface area contributed by atoms with Gasteiger partial charge >= 0.3 is 0 Å². The SMILES string of the molecule is Nc1c(-c2ccc(Cl)c3cccnc23)nc2ccccn12. The lowest BCUT2D eigenvalue weighted by Gasteiger charge is -2.05. The zero-order valence-corrected chi connectivity index (χ0v) is 11.7. The number of rotatable bonds is 1. The van der Waals surface area contributed by atoms with Gasteiger partial charge in [-0.3, -0.25) is 9.38 Å². The first-order valence-corrected chi connectivity index (χ1v) is 6.89. The third-order valence-electron chi connectivity index (χ3n) is 3.54. The molecule has 4 aromatic rings. The van der Waals surface area contributed by atoms with Gasteiger partial charge in [0.25, 0.3) is 0 Å². The molecule has 0 aliphatic rings. The van der Waals surface area contributed by atoms with Crippen molar-refractivity contribution in [1.82, 2.24) is 14.4 Å². The smallest absolute Gasteiger partial charge is 0.139 e. The minimum atomic E-state index is 0.597. The molecule has 0 spiro atoms. The summed E-state index contributed by atoms with van der Waals surface area (Å²) in [6.07, 6.45) is 3.64. The molecule has 3 heterocycles. The van der Waals surface area contributed by atoms with E-state index in [1.54, 1.807) is 6.20 Å². The summed E-state index contributed by atoms with van der Waals surface area (Å²) in [7, 11) is 0. The Hall–Kier alpha value is -2.59. The number of nitrogens with zero attached hydrogens (tertiary/aromatic N) is 3. The van der Waals surface area contributed by atoms with Gasteiger partial charge < -0.3 is 5.73 Å². The van der Waals surface area contributed by atoms with E-state index < -0.39 is 0 Å². The first-order valence-electron chi connectivity index (χ1n) is 6.52. The Morgan fingerprint density at radius 2 is 1.95 bits per heavy atom. The van der Waals surface area contributed by atoms with Crippen molar-refractivity contribution < 1.29 is 0 Å². The molecule has 5 heteroatoms. The average Bonchev–Trinajstić information content (AvgIpc) is 2.86. The van der Waals surface area contributed by atoms with Crippen molar-refractivity contribution in [1.29, 1.82) is 0 Å². The van der Waals surface area contributed by atoms with Crippen LogP contribution in [0.4, 0.5) is 5.82 Å². The second kappa shape index (κ2) is 4.46. The van der Waals surface area contributed by atoms with Crippen molar-refractivity contribution in [3.63, 3.8) is 0 Å². The zero-order chi connectivity index (χ0) is 14.4. The second-order valence-electron chi connectivity index (χ2n) is 4.77. The van der Waals surface area contributed by atoms with Gasteiger partial charge in [0, 0.05) is 23.3 Å². The highest BCUT2D eigenvalue weighted by atomic mass is 35.5. The normalized spacial score (nSPS) is 11.3. The molecule has 0 saturated heterocycles. The maximum absolute atomic E-state index is 6.24. The quantitative estimate of drug-likeness (QED) is 0.581. The number of benzene rings is 1. The molecular weight excluding hydrogens is 284 g/mol. The van der Waals surface area contributed by atoms with Gasteiger partial charge in [0.1, 0.15) is 17.2 Å². The molecule has 0 fully saturated rings. The Morgan fingerprint density at radius 3 is 2.81 bits per heavy atom. The number of nitrogen functional groups attached to an aromatic ring is 1. The maximum Gasteiger partial charge on any atom is 0.139 e. The third-order valence-corrected chi connectivity index (χ3v) is 3.87. The van der Waals surface area contributed by atoms with E-state index in [0.717, 1.165) is 27.8 Å². The van der Waals surface area contributed by atoms with E-state index in [1.807, 2.05) is 53.1 Å². The van der Waals surface area contributed by atoms with E-state index in [9.17, 15) is 0 Å². The summed E-state index contributed by atoms with van der Waals surface area (Å²) in [5.41, 5.74) is 9.46. The van der Waals surface area contributed by atoms with Gasteiger partial charge in [0.15, 0.2) is 0 Å². The van der Waals surface area contributed by atoms with Crippen molar-refractivity contribution in [2.45, 2.75) is 0 Å². The van der Waals surface area contributed by atoms with Gasteiger partial charge in [-0.2, -0.15) is 0 Å². The molecule has 4 rings (SSSR count). The van der Waals surface area contributed by atoms with Gasteiger partial charge in [-0.05, 0) is 36.4 Å². The van der Waals surface area contributed by atoms with Crippen LogP contribution >= 0.6 is 11.6 Å². The van der Waals surface area contributed by atoms with E-state index in [0.29, 0.717) is 10.8 Å². The topological polar surface area (TPSA) is 56.2 Å². The molecule has 0 amide bonds. The molecule has 0 saturated carbocycles. The van der Waals surface area contributed by atoms with Crippen molar-refractivity contribution in [2.75, 3.05) is 5.73 Å². The van der Waals surface area contributed by atoms with E-state index in [2.05, 4.69) is 9.97 Å². The molecule has 0 aliphatic heterocycles. The predicted octanol–water partition coefficient (Wildman–Crippen LogP) is 3.79. The lowest BCUT2D eigenvalue weighted by Crippen LogP contribution is -1.94. The summed E-state index contributed by atoms with van der Waals surface area (Å²) in [5, 5.41) is 1.57. The van der Waals surface area contributed by atoms with Crippen LogP contribution < -0.4 is 5.73 Å². The number of halogens is 1. The summed E-state index contributed by atoms with van der Waals surface area (Å²) in [6, 6.07) is 13.4. The van der Waals surface area contributed by atoms with Crippen molar-refractivity contribution >= 4 is 34.0 Å². The number of aromatic nitrogens is 3. The van der Waals surface area contributed by atoms with Crippen LogP contribution in [-0.4, -0.2) is 14.4 Å². The van der Waals surface area contributed by atoms with Gasteiger partial charge in [0.2, 0.25) is 0 Å². The molecule has 102 valence electrons. The Balaban J connectivity index is 2.10. The highest BCUT2D eigenvalue weighted by Crippen LogP contribution is 2.34.